The molecule has 0 unspecified atom stereocenters. The Morgan fingerprint density at radius 2 is 1.71 bits per heavy atom. The largest absolute Gasteiger partial charge is 0.496 e. The molecular weight excluding hydrogens is 320 g/mol. The van der Waals surface area contributed by atoms with Crippen molar-refractivity contribution in [1.29, 1.82) is 0 Å². The molecule has 4 heteroatoms. The molecule has 0 fully saturated rings. The van der Waals surface area contributed by atoms with E-state index in [1.54, 1.807) is 18.9 Å². The topological polar surface area (TPSA) is 9.23 Å². The van der Waals surface area contributed by atoms with E-state index in [4.69, 9.17) is 16.3 Å². The van der Waals surface area contributed by atoms with E-state index in [0.717, 1.165) is 25.0 Å². The number of methoxy groups -OCH3 is 1. The van der Waals surface area contributed by atoms with Crippen LogP contribution in [-0.4, -0.2) is 7.11 Å². The van der Waals surface area contributed by atoms with Crippen molar-refractivity contribution < 1.29 is 4.74 Å². The van der Waals surface area contributed by atoms with Crippen molar-refractivity contribution in [3.63, 3.8) is 0 Å². The van der Waals surface area contributed by atoms with Gasteiger partial charge in [-0.25, -0.2) is 0 Å². The summed E-state index contributed by atoms with van der Waals surface area (Å²) in [6.07, 6.45) is 0. The van der Waals surface area contributed by atoms with Gasteiger partial charge < -0.3 is 4.74 Å². The van der Waals surface area contributed by atoms with Gasteiger partial charge in [-0.05, 0) is 58.4 Å². The molecule has 0 aliphatic heterocycles. The molecule has 0 amide bonds. The summed E-state index contributed by atoms with van der Waals surface area (Å²) in [7, 11) is 1.66. The molecule has 0 saturated heterocycles. The van der Waals surface area contributed by atoms with Crippen LogP contribution in [0.2, 0.25) is 5.02 Å². The molecule has 2 aromatic carbocycles. The zero-order chi connectivity index (χ0) is 12.3. The van der Waals surface area contributed by atoms with Crippen molar-refractivity contribution in [2.24, 2.45) is 0 Å². The average molecular weight is 330 g/mol. The fraction of sp³-hybridized carbons (Fsp3) is 0.0769. The van der Waals surface area contributed by atoms with Gasteiger partial charge in [-0.15, -0.1) is 0 Å². The lowest BCUT2D eigenvalue weighted by molar-refractivity contribution is 0.412. The van der Waals surface area contributed by atoms with Crippen LogP contribution >= 0.6 is 39.3 Å². The average Bonchev–Trinajstić information content (AvgIpc) is 2.32. The Hall–Kier alpha value is -0.640. The number of hydrogen-bond acceptors (Lipinski definition) is 2. The molecule has 0 saturated carbocycles. The van der Waals surface area contributed by atoms with Crippen LogP contribution in [0.25, 0.3) is 0 Å². The van der Waals surface area contributed by atoms with Crippen LogP contribution in [-0.2, 0) is 0 Å². The maximum absolute atomic E-state index is 5.85. The number of hydrogen-bond donors (Lipinski definition) is 0. The summed E-state index contributed by atoms with van der Waals surface area (Å²) in [4.78, 5) is 2.31. The van der Waals surface area contributed by atoms with Gasteiger partial charge in [0.2, 0.25) is 0 Å². The maximum Gasteiger partial charge on any atom is 0.133 e. The third-order valence-electron chi connectivity index (χ3n) is 2.17. The molecular formula is C13H10BrClOS. The van der Waals surface area contributed by atoms with Gasteiger partial charge in [0.1, 0.15) is 5.75 Å². The SMILES string of the molecule is COc1ccc(Sc2ccc(Cl)cc2)cc1Br. The van der Waals surface area contributed by atoms with Gasteiger partial charge in [0.15, 0.2) is 0 Å². The van der Waals surface area contributed by atoms with E-state index < -0.39 is 0 Å². The number of halogens is 2. The summed E-state index contributed by atoms with van der Waals surface area (Å²) in [5, 5.41) is 0.755. The molecule has 17 heavy (non-hydrogen) atoms. The molecule has 0 aliphatic rings. The van der Waals surface area contributed by atoms with Crippen LogP contribution in [0.5, 0.6) is 5.75 Å². The first kappa shape index (κ1) is 12.8. The standard InChI is InChI=1S/C13H10BrClOS/c1-16-13-7-6-11(8-12(13)14)17-10-4-2-9(15)3-5-10/h2-8H,1H3. The third-order valence-corrected chi connectivity index (χ3v) is 4.04. The van der Waals surface area contributed by atoms with E-state index in [-0.39, 0.29) is 0 Å². The molecule has 0 spiro atoms. The van der Waals surface area contributed by atoms with Gasteiger partial charge >= 0.3 is 0 Å². The molecule has 0 aromatic heterocycles. The first-order valence-electron chi connectivity index (χ1n) is 4.96. The second-order valence-corrected chi connectivity index (χ2v) is 5.79. The van der Waals surface area contributed by atoms with Gasteiger partial charge in [-0.1, -0.05) is 23.4 Å². The first-order chi connectivity index (χ1) is 8.19. The molecule has 2 aromatic rings. The Morgan fingerprint density at radius 1 is 1.06 bits per heavy atom. The Bertz CT molecular complexity index is 513. The van der Waals surface area contributed by atoms with Crippen LogP contribution in [0.15, 0.2) is 56.7 Å². The minimum atomic E-state index is 0.755. The summed E-state index contributed by atoms with van der Waals surface area (Å²) in [6.45, 7) is 0. The highest BCUT2D eigenvalue weighted by atomic mass is 79.9. The van der Waals surface area contributed by atoms with Crippen LogP contribution < -0.4 is 4.74 Å². The number of ether oxygens (including phenoxy) is 1. The van der Waals surface area contributed by atoms with Crippen molar-refractivity contribution in [3.8, 4) is 5.75 Å². The Labute approximate surface area is 118 Å². The molecule has 0 N–H and O–H groups in total. The molecule has 0 atom stereocenters. The predicted octanol–water partition coefficient (Wildman–Crippen LogP) is 5.26. The van der Waals surface area contributed by atoms with Crippen LogP contribution in [0.4, 0.5) is 0 Å². The zero-order valence-corrected chi connectivity index (χ0v) is 12.3. The highest BCUT2D eigenvalue weighted by Gasteiger charge is 2.03. The van der Waals surface area contributed by atoms with E-state index in [9.17, 15) is 0 Å². The van der Waals surface area contributed by atoms with Gasteiger partial charge in [-0.2, -0.15) is 0 Å². The van der Waals surface area contributed by atoms with Crippen LogP contribution in [0.3, 0.4) is 0 Å². The highest BCUT2D eigenvalue weighted by molar-refractivity contribution is 9.10. The van der Waals surface area contributed by atoms with E-state index in [2.05, 4.69) is 15.9 Å². The van der Waals surface area contributed by atoms with Gasteiger partial charge in [-0.3, -0.25) is 0 Å². The minimum Gasteiger partial charge on any atom is -0.496 e. The molecule has 1 nitrogen and oxygen atoms in total. The predicted molar refractivity (Wildman–Crippen MR) is 76.3 cm³/mol. The fourth-order valence-electron chi connectivity index (χ4n) is 1.35. The normalized spacial score (nSPS) is 10.3. The van der Waals surface area contributed by atoms with Crippen molar-refractivity contribution in [2.75, 3.05) is 7.11 Å². The lowest BCUT2D eigenvalue weighted by Crippen LogP contribution is -1.84. The van der Waals surface area contributed by atoms with E-state index in [0.29, 0.717) is 0 Å². The Balaban J connectivity index is 2.19. The molecule has 2 rings (SSSR count). The van der Waals surface area contributed by atoms with E-state index in [1.165, 1.54) is 0 Å². The molecule has 0 aliphatic carbocycles. The Kier molecular flexibility index (Phi) is 4.37. The van der Waals surface area contributed by atoms with Crippen molar-refractivity contribution >= 4 is 39.3 Å². The molecule has 0 bridgehead atoms. The van der Waals surface area contributed by atoms with Crippen molar-refractivity contribution in [3.05, 3.63) is 52.0 Å². The van der Waals surface area contributed by atoms with Crippen LogP contribution in [0, 0.1) is 0 Å². The smallest absolute Gasteiger partial charge is 0.133 e. The maximum atomic E-state index is 5.85. The molecule has 88 valence electrons. The molecule has 0 radical (unpaired) electrons. The number of benzene rings is 2. The third kappa shape index (κ3) is 3.41. The lowest BCUT2D eigenvalue weighted by atomic mass is 10.3. The first-order valence-corrected chi connectivity index (χ1v) is 6.95. The minimum absolute atomic E-state index is 0.755. The van der Waals surface area contributed by atoms with Gasteiger partial charge in [0, 0.05) is 14.8 Å². The quantitative estimate of drug-likeness (QED) is 0.759. The summed E-state index contributed by atoms with van der Waals surface area (Å²) in [5.41, 5.74) is 0. The fourth-order valence-corrected chi connectivity index (χ4v) is 3.02. The summed E-state index contributed by atoms with van der Waals surface area (Å²) < 4.78 is 6.15. The van der Waals surface area contributed by atoms with Gasteiger partial charge in [0.05, 0.1) is 11.6 Å². The second kappa shape index (κ2) is 5.80. The number of rotatable bonds is 3. The monoisotopic (exact) mass is 328 g/mol. The Morgan fingerprint density at radius 3 is 2.29 bits per heavy atom. The second-order valence-electron chi connectivity index (χ2n) is 3.35. The summed E-state index contributed by atoms with van der Waals surface area (Å²) >= 11 is 11.0. The molecule has 0 heterocycles. The highest BCUT2D eigenvalue weighted by Crippen LogP contribution is 2.34. The summed E-state index contributed by atoms with van der Waals surface area (Å²) in [6, 6.07) is 13.8. The van der Waals surface area contributed by atoms with E-state index >= 15 is 0 Å². The zero-order valence-electron chi connectivity index (χ0n) is 9.11. The van der Waals surface area contributed by atoms with Crippen LogP contribution in [0.1, 0.15) is 0 Å². The van der Waals surface area contributed by atoms with E-state index in [1.807, 2.05) is 42.5 Å². The lowest BCUT2D eigenvalue weighted by Gasteiger charge is -2.06. The van der Waals surface area contributed by atoms with Crippen molar-refractivity contribution in [2.45, 2.75) is 9.79 Å². The van der Waals surface area contributed by atoms with Crippen molar-refractivity contribution in [1.82, 2.24) is 0 Å². The van der Waals surface area contributed by atoms with Gasteiger partial charge in [0.25, 0.3) is 0 Å². The summed E-state index contributed by atoms with van der Waals surface area (Å²) in [5.74, 6) is 0.838.